The molecule has 2 aromatic rings. The lowest BCUT2D eigenvalue weighted by molar-refractivity contribution is 0.0938. The monoisotopic (exact) mass is 284 g/mol. The summed E-state index contributed by atoms with van der Waals surface area (Å²) in [7, 11) is 0. The number of aryl methyl sites for hydroxylation is 2. The highest BCUT2D eigenvalue weighted by molar-refractivity contribution is 5.94. The van der Waals surface area contributed by atoms with Crippen LogP contribution < -0.4 is 5.32 Å². The summed E-state index contributed by atoms with van der Waals surface area (Å²) in [5.74, 6) is 0.00319. The van der Waals surface area contributed by atoms with Crippen LogP contribution in [-0.2, 0) is 0 Å². The maximum atomic E-state index is 12.1. The third-order valence-corrected chi connectivity index (χ3v) is 3.76. The maximum absolute atomic E-state index is 12.1. The first kappa shape index (κ1) is 15.4. The van der Waals surface area contributed by atoms with E-state index in [-0.39, 0.29) is 11.9 Å². The van der Waals surface area contributed by atoms with E-state index < -0.39 is 0 Å². The van der Waals surface area contributed by atoms with E-state index in [1.165, 1.54) is 11.4 Å². The summed E-state index contributed by atoms with van der Waals surface area (Å²) >= 11 is 0. The van der Waals surface area contributed by atoms with Crippen molar-refractivity contribution in [3.8, 4) is 5.69 Å². The van der Waals surface area contributed by atoms with Gasteiger partial charge in [0.1, 0.15) is 0 Å². The molecule has 0 aliphatic rings. The van der Waals surface area contributed by atoms with Crippen LogP contribution in [0.3, 0.4) is 0 Å². The minimum absolute atomic E-state index is 0.00319. The van der Waals surface area contributed by atoms with Gasteiger partial charge in [-0.05, 0) is 63.6 Å². The van der Waals surface area contributed by atoms with E-state index in [4.69, 9.17) is 0 Å². The maximum Gasteiger partial charge on any atom is 0.251 e. The number of nitrogens with one attached hydrogen (secondary N) is 1. The molecule has 1 heterocycles. The van der Waals surface area contributed by atoms with Gasteiger partial charge in [0.15, 0.2) is 0 Å². The van der Waals surface area contributed by atoms with E-state index in [9.17, 15) is 4.79 Å². The lowest BCUT2D eigenvalue weighted by atomic mass is 10.1. The second-order valence-electron chi connectivity index (χ2n) is 5.66. The molecule has 1 aromatic carbocycles. The molecule has 0 aliphatic carbocycles. The highest BCUT2D eigenvalue weighted by Gasteiger charge is 2.10. The van der Waals surface area contributed by atoms with Crippen molar-refractivity contribution in [2.24, 2.45) is 0 Å². The average Bonchev–Trinajstić information content (AvgIpc) is 2.78. The number of carbonyl (C=O) groups excluding carboxylic acids is 1. The number of rotatable bonds is 5. The summed E-state index contributed by atoms with van der Waals surface area (Å²) in [6.07, 6.45) is 2.08. The van der Waals surface area contributed by atoms with Gasteiger partial charge in [0.25, 0.3) is 5.91 Å². The molecule has 21 heavy (non-hydrogen) atoms. The molecule has 0 saturated carbocycles. The minimum atomic E-state index is 0.00319. The van der Waals surface area contributed by atoms with Crippen molar-refractivity contribution in [2.45, 2.75) is 46.6 Å². The fourth-order valence-electron chi connectivity index (χ4n) is 2.65. The third-order valence-electron chi connectivity index (χ3n) is 3.76. The molecule has 2 rings (SSSR count). The summed E-state index contributed by atoms with van der Waals surface area (Å²) in [4.78, 5) is 12.1. The van der Waals surface area contributed by atoms with E-state index in [1.54, 1.807) is 0 Å². The summed E-state index contributed by atoms with van der Waals surface area (Å²) in [5, 5.41) is 3.03. The van der Waals surface area contributed by atoms with Crippen molar-refractivity contribution in [1.82, 2.24) is 9.88 Å². The van der Waals surface area contributed by atoms with Crippen molar-refractivity contribution in [3.63, 3.8) is 0 Å². The van der Waals surface area contributed by atoms with Crippen LogP contribution in [0, 0.1) is 13.8 Å². The van der Waals surface area contributed by atoms with Gasteiger partial charge in [0.05, 0.1) is 0 Å². The quantitative estimate of drug-likeness (QED) is 0.884. The highest BCUT2D eigenvalue weighted by Crippen LogP contribution is 2.17. The molecule has 112 valence electrons. The minimum Gasteiger partial charge on any atom is -0.350 e. The number of carbonyl (C=O) groups is 1. The standard InChI is InChI=1S/C18H24N2O/c1-5-6-13(2)19-18(21)16-9-11-17(12-10-16)20-14(3)7-8-15(20)4/h7-13H,5-6H2,1-4H3,(H,19,21). The first-order valence-corrected chi connectivity index (χ1v) is 7.59. The molecule has 1 unspecified atom stereocenters. The molecular formula is C18H24N2O. The van der Waals surface area contributed by atoms with Crippen molar-refractivity contribution in [1.29, 1.82) is 0 Å². The predicted octanol–water partition coefficient (Wildman–Crippen LogP) is 4.01. The van der Waals surface area contributed by atoms with Gasteiger partial charge in [-0.2, -0.15) is 0 Å². The number of aromatic nitrogens is 1. The zero-order chi connectivity index (χ0) is 15.4. The first-order valence-electron chi connectivity index (χ1n) is 7.59. The summed E-state index contributed by atoms with van der Waals surface area (Å²) in [6.45, 7) is 8.33. The highest BCUT2D eigenvalue weighted by atomic mass is 16.1. The van der Waals surface area contributed by atoms with Gasteiger partial charge in [0, 0.05) is 28.7 Å². The molecule has 3 heteroatoms. The molecule has 3 nitrogen and oxygen atoms in total. The Labute approximate surface area is 127 Å². The SMILES string of the molecule is CCCC(C)NC(=O)c1ccc(-n2c(C)ccc2C)cc1. The second-order valence-corrected chi connectivity index (χ2v) is 5.66. The zero-order valence-electron chi connectivity index (χ0n) is 13.3. The topological polar surface area (TPSA) is 34.0 Å². The molecular weight excluding hydrogens is 260 g/mol. The van der Waals surface area contributed by atoms with Gasteiger partial charge in [-0.15, -0.1) is 0 Å². The Kier molecular flexibility index (Phi) is 4.84. The molecule has 0 radical (unpaired) electrons. The Morgan fingerprint density at radius 3 is 2.19 bits per heavy atom. The van der Waals surface area contributed by atoms with E-state index >= 15 is 0 Å². The normalized spacial score (nSPS) is 12.2. The molecule has 1 aromatic heterocycles. The van der Waals surface area contributed by atoms with Crippen molar-refractivity contribution in [2.75, 3.05) is 0 Å². The Bertz CT molecular complexity index is 591. The van der Waals surface area contributed by atoms with Crippen molar-refractivity contribution >= 4 is 5.91 Å². The number of amides is 1. The van der Waals surface area contributed by atoms with Gasteiger partial charge in [-0.25, -0.2) is 0 Å². The molecule has 0 fully saturated rings. The smallest absolute Gasteiger partial charge is 0.251 e. The number of hydrogen-bond acceptors (Lipinski definition) is 1. The summed E-state index contributed by atoms with van der Waals surface area (Å²) in [5.41, 5.74) is 4.19. The Morgan fingerprint density at radius 2 is 1.67 bits per heavy atom. The Hall–Kier alpha value is -2.03. The van der Waals surface area contributed by atoms with Gasteiger partial charge in [0.2, 0.25) is 0 Å². The van der Waals surface area contributed by atoms with Gasteiger partial charge in [-0.3, -0.25) is 4.79 Å². The van der Waals surface area contributed by atoms with E-state index in [0.717, 1.165) is 18.5 Å². The number of hydrogen-bond donors (Lipinski definition) is 1. The van der Waals surface area contributed by atoms with Gasteiger partial charge in [-0.1, -0.05) is 13.3 Å². The van der Waals surface area contributed by atoms with Crippen LogP contribution in [0.1, 0.15) is 48.4 Å². The van der Waals surface area contributed by atoms with Gasteiger partial charge >= 0.3 is 0 Å². The van der Waals surface area contributed by atoms with Crippen LogP contribution in [0.2, 0.25) is 0 Å². The Balaban J connectivity index is 2.14. The van der Waals surface area contributed by atoms with E-state index in [2.05, 4.69) is 42.8 Å². The fourth-order valence-corrected chi connectivity index (χ4v) is 2.65. The van der Waals surface area contributed by atoms with Crippen molar-refractivity contribution < 1.29 is 4.79 Å². The summed E-state index contributed by atoms with van der Waals surface area (Å²) in [6, 6.07) is 12.2. The van der Waals surface area contributed by atoms with Crippen LogP contribution in [-0.4, -0.2) is 16.5 Å². The largest absolute Gasteiger partial charge is 0.350 e. The van der Waals surface area contributed by atoms with E-state index in [0.29, 0.717) is 5.56 Å². The average molecular weight is 284 g/mol. The number of benzene rings is 1. The predicted molar refractivity (Wildman–Crippen MR) is 87.1 cm³/mol. The van der Waals surface area contributed by atoms with Gasteiger partial charge < -0.3 is 9.88 Å². The van der Waals surface area contributed by atoms with Crippen LogP contribution in [0.4, 0.5) is 0 Å². The van der Waals surface area contributed by atoms with Crippen LogP contribution in [0.25, 0.3) is 5.69 Å². The van der Waals surface area contributed by atoms with Crippen LogP contribution >= 0.6 is 0 Å². The molecule has 1 N–H and O–H groups in total. The molecule has 1 amide bonds. The lowest BCUT2D eigenvalue weighted by Crippen LogP contribution is -2.32. The molecule has 0 saturated heterocycles. The Morgan fingerprint density at radius 1 is 1.10 bits per heavy atom. The van der Waals surface area contributed by atoms with E-state index in [1.807, 2.05) is 31.2 Å². The van der Waals surface area contributed by atoms with Crippen molar-refractivity contribution in [3.05, 3.63) is 53.3 Å². The van der Waals surface area contributed by atoms with Crippen LogP contribution in [0.15, 0.2) is 36.4 Å². The molecule has 0 spiro atoms. The summed E-state index contributed by atoms with van der Waals surface area (Å²) < 4.78 is 2.18. The first-order chi connectivity index (χ1) is 10.0. The molecule has 0 aliphatic heterocycles. The third kappa shape index (κ3) is 3.54. The molecule has 0 bridgehead atoms. The molecule has 1 atom stereocenters. The number of nitrogens with zero attached hydrogens (tertiary/aromatic N) is 1. The second kappa shape index (κ2) is 6.61. The lowest BCUT2D eigenvalue weighted by Gasteiger charge is -2.14. The zero-order valence-corrected chi connectivity index (χ0v) is 13.3. The van der Waals surface area contributed by atoms with Crippen LogP contribution in [0.5, 0.6) is 0 Å². The fraction of sp³-hybridized carbons (Fsp3) is 0.389.